The molecule has 0 aromatic heterocycles. The van der Waals surface area contributed by atoms with Crippen molar-refractivity contribution < 1.29 is 38.0 Å². The van der Waals surface area contributed by atoms with Crippen molar-refractivity contribution in [2.24, 2.45) is 16.2 Å². The molecule has 2 heterocycles. The molecule has 0 radical (unpaired) electrons. The fourth-order valence-electron chi connectivity index (χ4n) is 9.09. The summed E-state index contributed by atoms with van der Waals surface area (Å²) in [6, 6.07) is 0. The molecule has 396 valence electrons. The number of esters is 2. The number of carbonyl (C=O) groups excluding carboxylic acids is 2. The van der Waals surface area contributed by atoms with E-state index in [9.17, 15) is 9.59 Å². The van der Waals surface area contributed by atoms with Gasteiger partial charge in [-0.15, -0.1) is 0 Å². The minimum Gasteiger partial charge on any atom is -0.465 e. The van der Waals surface area contributed by atoms with E-state index >= 15 is 0 Å². The summed E-state index contributed by atoms with van der Waals surface area (Å²) in [5.74, 6) is 3.51. The van der Waals surface area contributed by atoms with Crippen LogP contribution in [0.2, 0.25) is 0 Å². The summed E-state index contributed by atoms with van der Waals surface area (Å²) < 4.78 is 36.3. The molecule has 2 aliphatic heterocycles. The highest BCUT2D eigenvalue weighted by Crippen LogP contribution is 2.39. The molecule has 0 bridgehead atoms. The van der Waals surface area contributed by atoms with E-state index in [4.69, 9.17) is 28.4 Å². The highest BCUT2D eigenvalue weighted by atomic mass is 32.2. The number of ether oxygens (including phenoxy) is 6. The van der Waals surface area contributed by atoms with Gasteiger partial charge in [-0.2, -0.15) is 23.5 Å². The van der Waals surface area contributed by atoms with Gasteiger partial charge in [0.15, 0.2) is 12.6 Å². The summed E-state index contributed by atoms with van der Waals surface area (Å²) in [4.78, 5) is 25.2. The molecule has 1 spiro atoms. The van der Waals surface area contributed by atoms with E-state index in [-0.39, 0.29) is 25.2 Å². The van der Waals surface area contributed by atoms with Crippen LogP contribution in [0.4, 0.5) is 0 Å². The van der Waals surface area contributed by atoms with Crippen molar-refractivity contribution in [3.05, 3.63) is 0 Å². The normalized spacial score (nSPS) is 19.0. The third-order valence-electron chi connectivity index (χ3n) is 13.8. The Kier molecular flexibility index (Phi) is 38.3. The maximum absolute atomic E-state index is 12.6. The fraction of sp³-hybridized carbons (Fsp3) is 0.965. The summed E-state index contributed by atoms with van der Waals surface area (Å²) in [6.45, 7) is 14.9. The van der Waals surface area contributed by atoms with Gasteiger partial charge < -0.3 is 28.4 Å². The SMILES string of the molecule is CCCCCCCCCCCCCCCCCCSCCC(=O)OCC(C)(C)C1OCC2(CO1)COC(C(C)(C)COC(=O)CCSCCCCCCCCCCCCCCCCCC)OC2. The van der Waals surface area contributed by atoms with Crippen LogP contribution in [0, 0.1) is 16.2 Å². The third kappa shape index (κ3) is 33.0. The number of unbranched alkanes of at least 4 members (excludes halogenated alkanes) is 30. The van der Waals surface area contributed by atoms with Crippen LogP contribution in [-0.4, -0.2) is 87.2 Å². The Morgan fingerprint density at radius 3 is 0.896 bits per heavy atom. The van der Waals surface area contributed by atoms with E-state index in [1.165, 1.54) is 205 Å². The molecular formula is C57H108O8S2. The second kappa shape index (κ2) is 41.0. The number of thioether (sulfide) groups is 2. The molecule has 8 nitrogen and oxygen atoms in total. The van der Waals surface area contributed by atoms with Crippen LogP contribution in [0.25, 0.3) is 0 Å². The van der Waals surface area contributed by atoms with Gasteiger partial charge in [0.25, 0.3) is 0 Å². The standard InChI is InChI=1S/C57H108O8S2/c1-7-9-11-13-15-17-19-21-23-25-27-29-31-33-35-37-41-66-43-39-51(58)60-45-55(3,4)53-62-47-57(48-63-53)49-64-54(65-50-57)56(5,6)46-61-52(59)40-44-67-42-38-36-34-32-30-28-26-24-22-20-18-16-14-12-10-8-2/h53-54H,7-50H2,1-6H3. The Labute approximate surface area is 422 Å². The second-order valence-electron chi connectivity index (χ2n) is 22.0. The Bertz CT molecular complexity index is 1060. The highest BCUT2D eigenvalue weighted by Gasteiger charge is 2.48. The summed E-state index contributed by atoms with van der Waals surface area (Å²) in [5, 5.41) is 0. The van der Waals surface area contributed by atoms with Crippen molar-refractivity contribution in [3.8, 4) is 0 Å². The van der Waals surface area contributed by atoms with E-state index in [0.29, 0.717) is 39.3 Å². The van der Waals surface area contributed by atoms with Crippen LogP contribution in [-0.2, 0) is 38.0 Å². The molecule has 0 amide bonds. The summed E-state index contributed by atoms with van der Waals surface area (Å²) >= 11 is 3.72. The predicted octanol–water partition coefficient (Wildman–Crippen LogP) is 16.6. The van der Waals surface area contributed by atoms with Crippen molar-refractivity contribution in [1.29, 1.82) is 0 Å². The van der Waals surface area contributed by atoms with Crippen LogP contribution >= 0.6 is 23.5 Å². The minimum absolute atomic E-state index is 0.159. The lowest BCUT2D eigenvalue weighted by Gasteiger charge is -2.48. The van der Waals surface area contributed by atoms with E-state index in [2.05, 4.69) is 13.8 Å². The maximum Gasteiger partial charge on any atom is 0.306 e. The molecule has 0 atom stereocenters. The molecule has 67 heavy (non-hydrogen) atoms. The van der Waals surface area contributed by atoms with Crippen molar-refractivity contribution in [1.82, 2.24) is 0 Å². The van der Waals surface area contributed by atoms with E-state index in [0.717, 1.165) is 23.0 Å². The van der Waals surface area contributed by atoms with Gasteiger partial charge in [-0.05, 0) is 24.3 Å². The highest BCUT2D eigenvalue weighted by molar-refractivity contribution is 7.99. The molecular weight excluding hydrogens is 877 g/mol. The molecule has 0 saturated carbocycles. The molecule has 0 N–H and O–H groups in total. The van der Waals surface area contributed by atoms with E-state index in [1.54, 1.807) is 0 Å². The second-order valence-corrected chi connectivity index (χ2v) is 24.5. The first-order valence-electron chi connectivity index (χ1n) is 28.5. The van der Waals surface area contributed by atoms with Gasteiger partial charge in [0.05, 0.1) is 44.7 Å². The van der Waals surface area contributed by atoms with Gasteiger partial charge in [0, 0.05) is 22.3 Å². The Morgan fingerprint density at radius 2 is 0.642 bits per heavy atom. The lowest BCUT2D eigenvalue weighted by Crippen LogP contribution is -2.57. The number of hydrogen-bond donors (Lipinski definition) is 0. The minimum atomic E-state index is -0.493. The molecule has 0 aromatic rings. The maximum atomic E-state index is 12.6. The average molecular weight is 986 g/mol. The third-order valence-corrected chi connectivity index (χ3v) is 16.0. The largest absolute Gasteiger partial charge is 0.465 e. The van der Waals surface area contributed by atoms with Crippen LogP contribution in [0.5, 0.6) is 0 Å². The number of hydrogen-bond acceptors (Lipinski definition) is 10. The summed E-state index contributed by atoms with van der Waals surface area (Å²) in [5.41, 5.74) is -1.39. The summed E-state index contributed by atoms with van der Waals surface area (Å²) in [6.07, 6.45) is 44.2. The first-order chi connectivity index (χ1) is 32.5. The van der Waals surface area contributed by atoms with Crippen LogP contribution < -0.4 is 0 Å². The van der Waals surface area contributed by atoms with Crippen LogP contribution in [0.1, 0.15) is 260 Å². The van der Waals surface area contributed by atoms with Crippen molar-refractivity contribution >= 4 is 35.5 Å². The zero-order valence-corrected chi connectivity index (χ0v) is 46.5. The van der Waals surface area contributed by atoms with Gasteiger partial charge in [-0.25, -0.2) is 0 Å². The van der Waals surface area contributed by atoms with Gasteiger partial charge in [0.1, 0.15) is 13.2 Å². The number of rotatable bonds is 46. The van der Waals surface area contributed by atoms with Crippen molar-refractivity contribution in [2.75, 3.05) is 62.7 Å². The average Bonchev–Trinajstić information content (AvgIpc) is 3.32. The topological polar surface area (TPSA) is 89.5 Å². The Hall–Kier alpha value is -0.520. The van der Waals surface area contributed by atoms with Crippen LogP contribution in [0.15, 0.2) is 0 Å². The molecule has 0 aliphatic carbocycles. The molecule has 2 rings (SSSR count). The Morgan fingerprint density at radius 1 is 0.403 bits per heavy atom. The molecule has 10 heteroatoms. The van der Waals surface area contributed by atoms with Crippen LogP contribution in [0.3, 0.4) is 0 Å². The molecule has 2 fully saturated rings. The molecule has 2 aliphatic rings. The predicted molar refractivity (Wildman–Crippen MR) is 286 cm³/mol. The lowest BCUT2D eigenvalue weighted by atomic mass is 9.86. The first-order valence-corrected chi connectivity index (χ1v) is 30.8. The van der Waals surface area contributed by atoms with Crippen molar-refractivity contribution in [3.63, 3.8) is 0 Å². The van der Waals surface area contributed by atoms with E-state index in [1.807, 2.05) is 51.2 Å². The van der Waals surface area contributed by atoms with Gasteiger partial charge in [-0.3, -0.25) is 9.59 Å². The Balaban J connectivity index is 1.41. The summed E-state index contributed by atoms with van der Waals surface area (Å²) in [7, 11) is 0. The smallest absolute Gasteiger partial charge is 0.306 e. The monoisotopic (exact) mass is 985 g/mol. The quantitative estimate of drug-likeness (QED) is 0.0434. The van der Waals surface area contributed by atoms with Gasteiger partial charge >= 0.3 is 11.9 Å². The lowest BCUT2D eigenvalue weighted by molar-refractivity contribution is -0.337. The van der Waals surface area contributed by atoms with E-state index < -0.39 is 28.8 Å². The van der Waals surface area contributed by atoms with Gasteiger partial charge in [0.2, 0.25) is 0 Å². The van der Waals surface area contributed by atoms with Crippen molar-refractivity contribution in [2.45, 2.75) is 272 Å². The number of carbonyl (C=O) groups is 2. The molecule has 0 aromatic carbocycles. The zero-order chi connectivity index (χ0) is 48.6. The first kappa shape index (κ1) is 62.6. The zero-order valence-electron chi connectivity index (χ0n) is 44.8. The molecule has 0 unspecified atom stereocenters. The fourth-order valence-corrected chi connectivity index (χ4v) is 10.9. The molecule has 2 saturated heterocycles. The van der Waals surface area contributed by atoms with Gasteiger partial charge in [-0.1, -0.05) is 234 Å².